The molecule has 122 valence electrons. The van der Waals surface area contributed by atoms with Gasteiger partial charge in [-0.25, -0.2) is 4.98 Å². The van der Waals surface area contributed by atoms with Crippen molar-refractivity contribution in [1.29, 1.82) is 0 Å². The van der Waals surface area contributed by atoms with Gasteiger partial charge in [-0.3, -0.25) is 14.9 Å². The van der Waals surface area contributed by atoms with Gasteiger partial charge >= 0.3 is 0 Å². The summed E-state index contributed by atoms with van der Waals surface area (Å²) in [6, 6.07) is 11.5. The minimum absolute atomic E-state index is 0.0331. The molecule has 8 heteroatoms. The predicted octanol–water partition coefficient (Wildman–Crippen LogP) is 3.27. The second-order valence-corrected chi connectivity index (χ2v) is 4.98. The molecule has 0 spiro atoms. The van der Waals surface area contributed by atoms with Gasteiger partial charge in [0.2, 0.25) is 11.8 Å². The number of carbonyl (C=O) groups is 1. The molecule has 8 nitrogen and oxygen atoms in total. The van der Waals surface area contributed by atoms with Crippen LogP contribution in [0.5, 0.6) is 5.75 Å². The molecule has 1 N–H and O–H groups in total. The van der Waals surface area contributed by atoms with Crippen molar-refractivity contribution in [2.24, 2.45) is 0 Å². The average Bonchev–Trinajstić information content (AvgIpc) is 2.96. The monoisotopic (exact) mass is 327 g/mol. The fraction of sp³-hybridized carbons (Fsp3) is 0.125. The Morgan fingerprint density at radius 3 is 2.83 bits per heavy atom. The number of nitro groups is 1. The van der Waals surface area contributed by atoms with Crippen LogP contribution in [0.1, 0.15) is 12.8 Å². The van der Waals surface area contributed by atoms with E-state index in [2.05, 4.69) is 10.3 Å². The first-order valence-electron chi connectivity index (χ1n) is 7.06. The molecule has 0 aliphatic heterocycles. The van der Waals surface area contributed by atoms with Crippen LogP contribution in [0.2, 0.25) is 0 Å². The highest BCUT2D eigenvalue weighted by atomic mass is 16.6. The molecular weight excluding hydrogens is 314 g/mol. The number of aromatic nitrogens is 1. The van der Waals surface area contributed by atoms with Crippen molar-refractivity contribution in [2.75, 3.05) is 5.32 Å². The lowest BCUT2D eigenvalue weighted by Crippen LogP contribution is -2.08. The Labute approximate surface area is 136 Å². The van der Waals surface area contributed by atoms with Crippen LogP contribution in [0.15, 0.2) is 46.9 Å². The van der Waals surface area contributed by atoms with E-state index in [4.69, 9.17) is 9.15 Å². The average molecular weight is 327 g/mol. The standard InChI is InChI=1S/C16H13N3O5/c1-10(20)17-12-7-6-11(8-14(12)19(21)22)23-9-16-18-13-4-2-3-5-15(13)24-16/h2-8H,9H2,1H3,(H,17,20). The molecule has 3 rings (SSSR count). The number of hydrogen-bond acceptors (Lipinski definition) is 6. The maximum absolute atomic E-state index is 11.1. The largest absolute Gasteiger partial charge is 0.484 e. The minimum atomic E-state index is -0.586. The third-order valence-corrected chi connectivity index (χ3v) is 3.18. The van der Waals surface area contributed by atoms with Gasteiger partial charge < -0.3 is 14.5 Å². The molecule has 0 bridgehead atoms. The second-order valence-electron chi connectivity index (χ2n) is 4.98. The highest BCUT2D eigenvalue weighted by Gasteiger charge is 2.16. The predicted molar refractivity (Wildman–Crippen MR) is 85.7 cm³/mol. The van der Waals surface area contributed by atoms with Crippen molar-refractivity contribution >= 4 is 28.4 Å². The third-order valence-electron chi connectivity index (χ3n) is 3.18. The van der Waals surface area contributed by atoms with Gasteiger partial charge in [0.1, 0.15) is 17.0 Å². The topological polar surface area (TPSA) is 108 Å². The lowest BCUT2D eigenvalue weighted by molar-refractivity contribution is -0.384. The highest BCUT2D eigenvalue weighted by Crippen LogP contribution is 2.29. The van der Waals surface area contributed by atoms with Gasteiger partial charge in [0, 0.05) is 6.92 Å². The number of oxazole rings is 1. The lowest BCUT2D eigenvalue weighted by Gasteiger charge is -2.07. The molecule has 1 aromatic heterocycles. The quantitative estimate of drug-likeness (QED) is 0.569. The summed E-state index contributed by atoms with van der Waals surface area (Å²) >= 11 is 0. The van der Waals surface area contributed by atoms with E-state index in [0.29, 0.717) is 17.0 Å². The fourth-order valence-corrected chi connectivity index (χ4v) is 2.17. The molecule has 24 heavy (non-hydrogen) atoms. The molecule has 1 amide bonds. The molecule has 0 fully saturated rings. The van der Waals surface area contributed by atoms with Crippen molar-refractivity contribution in [2.45, 2.75) is 13.5 Å². The molecule has 0 saturated heterocycles. The van der Waals surface area contributed by atoms with Gasteiger partial charge in [-0.1, -0.05) is 12.1 Å². The van der Waals surface area contributed by atoms with E-state index in [0.717, 1.165) is 0 Å². The Balaban J connectivity index is 1.78. The zero-order valence-electron chi connectivity index (χ0n) is 12.7. The van der Waals surface area contributed by atoms with E-state index in [9.17, 15) is 14.9 Å². The first-order chi connectivity index (χ1) is 11.5. The number of carbonyl (C=O) groups excluding carboxylic acids is 1. The molecule has 3 aromatic rings. The smallest absolute Gasteiger partial charge is 0.296 e. The van der Waals surface area contributed by atoms with Crippen LogP contribution in [0.4, 0.5) is 11.4 Å². The van der Waals surface area contributed by atoms with Crippen LogP contribution in [0, 0.1) is 10.1 Å². The zero-order valence-corrected chi connectivity index (χ0v) is 12.7. The van der Waals surface area contributed by atoms with Crippen LogP contribution in [-0.2, 0) is 11.4 Å². The summed E-state index contributed by atoms with van der Waals surface area (Å²) in [7, 11) is 0. The molecule has 1 heterocycles. The number of nitrogens with zero attached hydrogens (tertiary/aromatic N) is 2. The Morgan fingerprint density at radius 2 is 2.12 bits per heavy atom. The van der Waals surface area contributed by atoms with Gasteiger partial charge in [-0.2, -0.15) is 0 Å². The number of hydrogen-bond donors (Lipinski definition) is 1. The third kappa shape index (κ3) is 3.32. The van der Waals surface area contributed by atoms with Gasteiger partial charge in [0.25, 0.3) is 5.69 Å². The number of benzene rings is 2. The molecule has 0 saturated carbocycles. The number of anilines is 1. The number of nitro benzene ring substituents is 1. The van der Waals surface area contributed by atoms with E-state index >= 15 is 0 Å². The minimum Gasteiger partial charge on any atom is -0.484 e. The molecule has 0 unspecified atom stereocenters. The van der Waals surface area contributed by atoms with E-state index < -0.39 is 10.8 Å². The maximum Gasteiger partial charge on any atom is 0.296 e. The molecule has 0 aliphatic rings. The first kappa shape index (κ1) is 15.5. The van der Waals surface area contributed by atoms with Gasteiger partial charge in [-0.05, 0) is 24.3 Å². The number of amides is 1. The van der Waals surface area contributed by atoms with Crippen LogP contribution in [-0.4, -0.2) is 15.8 Å². The van der Waals surface area contributed by atoms with E-state index in [1.165, 1.54) is 25.1 Å². The summed E-state index contributed by atoms with van der Waals surface area (Å²) in [6.07, 6.45) is 0. The number of ether oxygens (including phenoxy) is 1. The van der Waals surface area contributed by atoms with Gasteiger partial charge in [0.15, 0.2) is 12.2 Å². The van der Waals surface area contributed by atoms with Crippen LogP contribution in [0.3, 0.4) is 0 Å². The maximum atomic E-state index is 11.1. The van der Waals surface area contributed by atoms with Crippen LogP contribution in [0.25, 0.3) is 11.1 Å². The van der Waals surface area contributed by atoms with Crippen molar-refractivity contribution in [1.82, 2.24) is 4.98 Å². The Hall–Kier alpha value is -3.42. The van der Waals surface area contributed by atoms with Crippen LogP contribution >= 0.6 is 0 Å². The Bertz CT molecular complexity index is 886. The summed E-state index contributed by atoms with van der Waals surface area (Å²) in [4.78, 5) is 25.9. The fourth-order valence-electron chi connectivity index (χ4n) is 2.17. The van der Waals surface area contributed by atoms with E-state index in [1.807, 2.05) is 18.2 Å². The lowest BCUT2D eigenvalue weighted by atomic mass is 10.2. The van der Waals surface area contributed by atoms with Crippen molar-refractivity contribution in [3.05, 3.63) is 58.5 Å². The number of nitrogens with one attached hydrogen (secondary N) is 1. The summed E-state index contributed by atoms with van der Waals surface area (Å²) < 4.78 is 11.0. The summed E-state index contributed by atoms with van der Waals surface area (Å²) in [5.41, 5.74) is 1.22. The van der Waals surface area contributed by atoms with E-state index in [1.54, 1.807) is 6.07 Å². The molecule has 0 atom stereocenters. The van der Waals surface area contributed by atoms with Crippen LogP contribution < -0.4 is 10.1 Å². The summed E-state index contributed by atoms with van der Waals surface area (Å²) in [5, 5.41) is 13.5. The Kier molecular flexibility index (Phi) is 4.11. The van der Waals surface area contributed by atoms with E-state index in [-0.39, 0.29) is 23.7 Å². The Morgan fingerprint density at radius 1 is 1.33 bits per heavy atom. The molecule has 0 aliphatic carbocycles. The molecule has 0 radical (unpaired) electrons. The van der Waals surface area contributed by atoms with Crippen molar-refractivity contribution in [3.63, 3.8) is 0 Å². The second kappa shape index (κ2) is 6.37. The van der Waals surface area contributed by atoms with Gasteiger partial charge in [-0.15, -0.1) is 0 Å². The van der Waals surface area contributed by atoms with Crippen molar-refractivity contribution < 1.29 is 18.9 Å². The normalized spacial score (nSPS) is 10.5. The first-order valence-corrected chi connectivity index (χ1v) is 7.06. The number of fused-ring (bicyclic) bond motifs is 1. The number of para-hydroxylation sites is 2. The van der Waals surface area contributed by atoms with Crippen molar-refractivity contribution in [3.8, 4) is 5.75 Å². The highest BCUT2D eigenvalue weighted by molar-refractivity contribution is 5.91. The number of rotatable bonds is 5. The molecule has 2 aromatic carbocycles. The van der Waals surface area contributed by atoms with Gasteiger partial charge in [0.05, 0.1) is 11.0 Å². The zero-order chi connectivity index (χ0) is 17.1. The summed E-state index contributed by atoms with van der Waals surface area (Å²) in [6.45, 7) is 1.31. The molecular formula is C16H13N3O5. The SMILES string of the molecule is CC(=O)Nc1ccc(OCc2nc3ccccc3o2)cc1[N+](=O)[O-]. The summed E-state index contributed by atoms with van der Waals surface area (Å²) in [5.74, 6) is 0.251.